The maximum atomic E-state index is 13.0. The van der Waals surface area contributed by atoms with Crippen LogP contribution in [0.5, 0.6) is 0 Å². The van der Waals surface area contributed by atoms with E-state index in [1.54, 1.807) is 24.3 Å². The van der Waals surface area contributed by atoms with Crippen molar-refractivity contribution in [2.45, 2.75) is 6.54 Å². The van der Waals surface area contributed by atoms with E-state index in [2.05, 4.69) is 0 Å². The van der Waals surface area contributed by atoms with Gasteiger partial charge < -0.3 is 9.30 Å². The first kappa shape index (κ1) is 19.7. The number of hydrogen-bond donors (Lipinski definition) is 0. The van der Waals surface area contributed by atoms with Crippen molar-refractivity contribution < 1.29 is 14.3 Å². The molecule has 5 nitrogen and oxygen atoms in total. The second-order valence-corrected chi connectivity index (χ2v) is 8.41. The predicted octanol–water partition coefficient (Wildman–Crippen LogP) is 4.87. The molecular weight excluding hydrogens is 428 g/mol. The molecule has 0 N–H and O–H groups in total. The van der Waals surface area contributed by atoms with Gasteiger partial charge in [-0.1, -0.05) is 53.8 Å². The average molecular weight is 443 g/mol. The van der Waals surface area contributed by atoms with Crippen LogP contribution in [0.15, 0.2) is 59.6 Å². The summed E-state index contributed by atoms with van der Waals surface area (Å²) in [5, 5.41) is 1.53. The van der Waals surface area contributed by atoms with Crippen molar-refractivity contribution in [2.75, 3.05) is 12.0 Å². The summed E-state index contributed by atoms with van der Waals surface area (Å²) in [4.78, 5) is 26.8. The molecule has 1 aliphatic heterocycles. The first-order valence-electron chi connectivity index (χ1n) is 8.66. The van der Waals surface area contributed by atoms with Crippen molar-refractivity contribution >= 4 is 74.4 Å². The van der Waals surface area contributed by atoms with Crippen molar-refractivity contribution in [3.63, 3.8) is 0 Å². The van der Waals surface area contributed by atoms with Crippen molar-refractivity contribution in [1.82, 2.24) is 4.57 Å². The predicted molar refractivity (Wildman–Crippen MR) is 121 cm³/mol. The first-order chi connectivity index (χ1) is 14.0. The molecule has 1 aromatic heterocycles. The Balaban J connectivity index is 1.72. The lowest BCUT2D eigenvalue weighted by molar-refractivity contribution is -0.141. The van der Waals surface area contributed by atoms with E-state index in [0.717, 1.165) is 16.5 Å². The van der Waals surface area contributed by atoms with Crippen molar-refractivity contribution in [3.8, 4) is 0 Å². The minimum Gasteiger partial charge on any atom is -0.468 e. The number of benzene rings is 2. The van der Waals surface area contributed by atoms with Gasteiger partial charge in [-0.15, -0.1) is 0 Å². The number of nitrogens with zero attached hydrogens (tertiary/aromatic N) is 2. The van der Waals surface area contributed by atoms with Crippen LogP contribution >= 0.6 is 35.6 Å². The van der Waals surface area contributed by atoms with Gasteiger partial charge in [0.1, 0.15) is 6.54 Å². The zero-order valence-corrected chi connectivity index (χ0v) is 17.7. The van der Waals surface area contributed by atoms with Crippen LogP contribution in [0.25, 0.3) is 17.0 Å². The Kier molecular flexibility index (Phi) is 5.45. The molecule has 146 valence electrons. The molecule has 0 bridgehead atoms. The molecule has 3 aromatic rings. The molecule has 1 fully saturated rings. The molecule has 0 atom stereocenters. The zero-order valence-electron chi connectivity index (χ0n) is 15.3. The van der Waals surface area contributed by atoms with Gasteiger partial charge in [-0.25, -0.2) is 0 Å². The minimum atomic E-state index is -0.341. The molecule has 0 spiro atoms. The molecule has 2 heterocycles. The molecule has 29 heavy (non-hydrogen) atoms. The molecule has 0 saturated carbocycles. The lowest BCUT2D eigenvalue weighted by Gasteiger charge is -2.14. The number of thioether (sulfide) groups is 1. The number of halogens is 1. The normalized spacial score (nSPS) is 15.5. The van der Waals surface area contributed by atoms with Gasteiger partial charge in [-0.05, 0) is 36.4 Å². The fourth-order valence-corrected chi connectivity index (χ4v) is 4.56. The van der Waals surface area contributed by atoms with Crippen LogP contribution in [-0.4, -0.2) is 27.9 Å². The number of carbonyl (C=O) groups excluding carboxylic acids is 2. The van der Waals surface area contributed by atoms with E-state index in [-0.39, 0.29) is 18.4 Å². The van der Waals surface area contributed by atoms with Gasteiger partial charge in [-0.2, -0.15) is 0 Å². The molecule has 1 amide bonds. The second kappa shape index (κ2) is 8.02. The Morgan fingerprint density at radius 1 is 1.21 bits per heavy atom. The zero-order chi connectivity index (χ0) is 20.5. The number of amides is 1. The molecule has 8 heteroatoms. The summed E-state index contributed by atoms with van der Waals surface area (Å²) in [6.45, 7) is 0.0938. The number of carbonyl (C=O) groups is 2. The lowest BCUT2D eigenvalue weighted by atomic mass is 10.1. The maximum absolute atomic E-state index is 13.0. The van der Waals surface area contributed by atoms with Gasteiger partial charge >= 0.3 is 5.97 Å². The van der Waals surface area contributed by atoms with Gasteiger partial charge in [0, 0.05) is 27.7 Å². The molecule has 0 radical (unpaired) electrons. The third-order valence-electron chi connectivity index (χ3n) is 4.51. The van der Waals surface area contributed by atoms with Crippen LogP contribution in [-0.2, 0) is 20.9 Å². The van der Waals surface area contributed by atoms with Crippen molar-refractivity contribution in [1.29, 1.82) is 0 Å². The van der Waals surface area contributed by atoms with E-state index < -0.39 is 0 Å². The van der Waals surface area contributed by atoms with Gasteiger partial charge in [0.2, 0.25) is 0 Å². The summed E-state index contributed by atoms with van der Waals surface area (Å²) in [5.74, 6) is -0.529. The molecule has 0 aliphatic carbocycles. The van der Waals surface area contributed by atoms with Gasteiger partial charge in [-0.3, -0.25) is 14.5 Å². The molecular formula is C21H15ClN2O3S2. The first-order valence-corrected chi connectivity index (χ1v) is 10.3. The fourth-order valence-electron chi connectivity index (χ4n) is 3.15. The summed E-state index contributed by atoms with van der Waals surface area (Å²) < 4.78 is 7.05. The Bertz CT molecular complexity index is 1170. The molecule has 1 aliphatic rings. The highest BCUT2D eigenvalue weighted by Gasteiger charge is 2.33. The number of fused-ring (bicyclic) bond motifs is 1. The van der Waals surface area contributed by atoms with Crippen LogP contribution in [0.1, 0.15) is 5.56 Å². The Hall–Kier alpha value is -2.61. The number of rotatable bonds is 4. The summed E-state index contributed by atoms with van der Waals surface area (Å²) in [6.07, 6.45) is 3.65. The lowest BCUT2D eigenvalue weighted by Crippen LogP contribution is -2.27. The number of hydrogen-bond acceptors (Lipinski definition) is 5. The smallest absolute Gasteiger partial charge is 0.325 e. The number of esters is 1. The molecule has 2 aromatic carbocycles. The minimum absolute atomic E-state index is 0.0938. The van der Waals surface area contributed by atoms with Crippen molar-refractivity contribution in [2.24, 2.45) is 0 Å². The fraction of sp³-hybridized carbons (Fsp3) is 0.0952. The summed E-state index contributed by atoms with van der Waals surface area (Å²) >= 11 is 12.6. The summed E-state index contributed by atoms with van der Waals surface area (Å²) in [7, 11) is 1.36. The molecule has 4 rings (SSSR count). The average Bonchev–Trinajstić information content (AvgIpc) is 3.20. The van der Waals surface area contributed by atoms with E-state index in [1.807, 2.05) is 41.1 Å². The van der Waals surface area contributed by atoms with Crippen LogP contribution in [0, 0.1) is 0 Å². The van der Waals surface area contributed by atoms with E-state index in [1.165, 1.54) is 23.8 Å². The van der Waals surface area contributed by atoms with E-state index in [0.29, 0.717) is 19.9 Å². The Morgan fingerprint density at radius 2 is 1.93 bits per heavy atom. The third-order valence-corrected chi connectivity index (χ3v) is 6.07. The van der Waals surface area contributed by atoms with Crippen LogP contribution in [0.3, 0.4) is 0 Å². The monoisotopic (exact) mass is 442 g/mol. The summed E-state index contributed by atoms with van der Waals surface area (Å²) in [5.41, 5.74) is 2.40. The quantitative estimate of drug-likeness (QED) is 0.327. The van der Waals surface area contributed by atoms with Gasteiger partial charge in [0.15, 0.2) is 4.32 Å². The highest BCUT2D eigenvalue weighted by Crippen LogP contribution is 2.37. The molecule has 1 saturated heterocycles. The van der Waals surface area contributed by atoms with E-state index in [4.69, 9.17) is 28.6 Å². The maximum Gasteiger partial charge on any atom is 0.325 e. The Morgan fingerprint density at radius 3 is 2.66 bits per heavy atom. The number of anilines is 1. The topological polar surface area (TPSA) is 51.5 Å². The van der Waals surface area contributed by atoms with Crippen LogP contribution in [0.2, 0.25) is 5.02 Å². The highest BCUT2D eigenvalue weighted by atomic mass is 35.5. The number of aromatic nitrogens is 1. The third kappa shape index (κ3) is 3.81. The van der Waals surface area contributed by atoms with Gasteiger partial charge in [0.05, 0.1) is 17.7 Å². The highest BCUT2D eigenvalue weighted by molar-refractivity contribution is 8.27. The number of thiocarbonyl (C=S) groups is 1. The number of para-hydroxylation sites is 1. The summed E-state index contributed by atoms with van der Waals surface area (Å²) in [6, 6.07) is 14.7. The standard InChI is InChI=1S/C21H15ClN2O3S2/c1-27-19(25)12-23-11-13(16-4-2-3-5-17(16)23)10-18-20(26)24(21(28)29-18)15-8-6-14(22)7-9-15/h2-11H,12H2,1H3/b18-10+. The SMILES string of the molecule is COC(=O)Cn1cc(/C=C2/SC(=S)N(c3ccc(Cl)cc3)C2=O)c2ccccc21. The van der Waals surface area contributed by atoms with Crippen LogP contribution < -0.4 is 4.90 Å². The van der Waals surface area contributed by atoms with Gasteiger partial charge in [0.25, 0.3) is 5.91 Å². The second-order valence-electron chi connectivity index (χ2n) is 6.30. The number of ether oxygens (including phenoxy) is 1. The Labute approximate surface area is 181 Å². The van der Waals surface area contributed by atoms with Crippen LogP contribution in [0.4, 0.5) is 5.69 Å². The van der Waals surface area contributed by atoms with E-state index in [9.17, 15) is 9.59 Å². The van der Waals surface area contributed by atoms with E-state index >= 15 is 0 Å². The van der Waals surface area contributed by atoms with Crippen molar-refractivity contribution in [3.05, 3.63) is 70.2 Å². The largest absolute Gasteiger partial charge is 0.468 e. The molecule has 0 unspecified atom stereocenters. The number of methoxy groups -OCH3 is 1.